The number of anilines is 3. The molecule has 2 aliphatic rings. The summed E-state index contributed by atoms with van der Waals surface area (Å²) in [4.78, 5) is 39.3. The van der Waals surface area contributed by atoms with Gasteiger partial charge in [0.15, 0.2) is 5.82 Å². The molecule has 5 N–H and O–H groups in total. The molecule has 11 nitrogen and oxygen atoms in total. The maximum atomic E-state index is 14.3. The SMILES string of the molecule is N#Cc1c(N)nc(N)nc1N[C@H](c1nc2c(Cl)cc(F)cc2c(=O)n1C1CC(OC(=O)c2ccccc2)C1)C1CC1. The number of nitrogen functional groups attached to an aromatic ring is 2. The number of hydrogen-bond donors (Lipinski definition) is 3. The minimum absolute atomic E-state index is 0.00318. The lowest BCUT2D eigenvalue weighted by atomic mass is 9.88. The zero-order chi connectivity index (χ0) is 28.8. The van der Waals surface area contributed by atoms with Gasteiger partial charge >= 0.3 is 5.97 Å². The Bertz CT molecular complexity index is 1780. The second kappa shape index (κ2) is 10.3. The number of aromatic nitrogens is 4. The Balaban J connectivity index is 1.40. The number of nitrogens with zero attached hydrogens (tertiary/aromatic N) is 5. The minimum atomic E-state index is -0.661. The van der Waals surface area contributed by atoms with Crippen LogP contribution in [0.5, 0.6) is 0 Å². The number of ether oxygens (including phenoxy) is 1. The van der Waals surface area contributed by atoms with Gasteiger partial charge in [-0.15, -0.1) is 0 Å². The second-order valence-corrected chi connectivity index (χ2v) is 10.6. The van der Waals surface area contributed by atoms with Crippen molar-refractivity contribution in [2.45, 2.75) is 43.9 Å². The summed E-state index contributed by atoms with van der Waals surface area (Å²) in [5.41, 5.74) is 11.9. The molecule has 2 aromatic carbocycles. The summed E-state index contributed by atoms with van der Waals surface area (Å²) in [7, 11) is 0. The van der Waals surface area contributed by atoms with Crippen LogP contribution in [0.3, 0.4) is 0 Å². The van der Waals surface area contributed by atoms with Gasteiger partial charge in [0, 0.05) is 18.9 Å². The molecular formula is C28H24ClFN8O3. The van der Waals surface area contributed by atoms with Gasteiger partial charge in [0.05, 0.1) is 27.5 Å². The van der Waals surface area contributed by atoms with Gasteiger partial charge in [0.25, 0.3) is 5.56 Å². The molecule has 1 atom stereocenters. The fourth-order valence-electron chi connectivity index (χ4n) is 5.14. The number of esters is 1. The van der Waals surface area contributed by atoms with Crippen LogP contribution in [0.15, 0.2) is 47.3 Å². The van der Waals surface area contributed by atoms with Crippen LogP contribution < -0.4 is 22.3 Å². The Morgan fingerprint density at radius 2 is 1.90 bits per heavy atom. The smallest absolute Gasteiger partial charge is 0.338 e. The van der Waals surface area contributed by atoms with Crippen LogP contribution in [-0.4, -0.2) is 31.6 Å². The average molecular weight is 575 g/mol. The van der Waals surface area contributed by atoms with Crippen LogP contribution in [0.1, 0.15) is 59.5 Å². The Hall–Kier alpha value is -4.76. The summed E-state index contributed by atoms with van der Waals surface area (Å²) < 4.78 is 21.5. The van der Waals surface area contributed by atoms with Crippen molar-refractivity contribution < 1.29 is 13.9 Å². The molecule has 0 spiro atoms. The number of nitrogens with one attached hydrogen (secondary N) is 1. The third-order valence-electron chi connectivity index (χ3n) is 7.40. The largest absolute Gasteiger partial charge is 0.459 e. The summed E-state index contributed by atoms with van der Waals surface area (Å²) in [6.07, 6.45) is 1.94. The van der Waals surface area contributed by atoms with E-state index in [1.165, 1.54) is 4.57 Å². The van der Waals surface area contributed by atoms with Crippen LogP contribution in [0, 0.1) is 23.1 Å². The van der Waals surface area contributed by atoms with Crippen molar-refractivity contribution in [2.24, 2.45) is 5.92 Å². The van der Waals surface area contributed by atoms with E-state index in [1.807, 2.05) is 6.07 Å². The lowest BCUT2D eigenvalue weighted by molar-refractivity contribution is -0.00922. The molecule has 2 aliphatic carbocycles. The lowest BCUT2D eigenvalue weighted by Gasteiger charge is -2.38. The van der Waals surface area contributed by atoms with E-state index in [-0.39, 0.29) is 51.0 Å². The normalized spacial score (nSPS) is 18.8. The molecule has 13 heteroatoms. The van der Waals surface area contributed by atoms with Gasteiger partial charge in [-0.1, -0.05) is 29.8 Å². The highest BCUT2D eigenvalue weighted by Gasteiger charge is 2.41. The van der Waals surface area contributed by atoms with Gasteiger partial charge in [-0.05, 0) is 43.0 Å². The minimum Gasteiger partial charge on any atom is -0.459 e. The Morgan fingerprint density at radius 1 is 1.17 bits per heavy atom. The molecule has 0 unspecified atom stereocenters. The summed E-state index contributed by atoms with van der Waals surface area (Å²) in [6, 6.07) is 11.9. The molecule has 0 aliphatic heterocycles. The number of carbonyl (C=O) groups excluding carboxylic acids is 1. The lowest BCUT2D eigenvalue weighted by Crippen LogP contribution is -2.42. The number of benzene rings is 2. The monoisotopic (exact) mass is 574 g/mol. The number of nitriles is 1. The Morgan fingerprint density at radius 3 is 2.59 bits per heavy atom. The maximum absolute atomic E-state index is 14.3. The zero-order valence-electron chi connectivity index (χ0n) is 21.6. The number of fused-ring (bicyclic) bond motifs is 1. The van der Waals surface area contributed by atoms with Crippen LogP contribution in [0.2, 0.25) is 5.02 Å². The number of carbonyl (C=O) groups is 1. The molecule has 4 aromatic rings. The van der Waals surface area contributed by atoms with Gasteiger partial charge in [-0.25, -0.2) is 14.2 Å². The number of rotatable bonds is 7. The summed E-state index contributed by atoms with van der Waals surface area (Å²) in [6.45, 7) is 0. The predicted octanol–water partition coefficient (Wildman–Crippen LogP) is 4.14. The van der Waals surface area contributed by atoms with Gasteiger partial charge in [-0.2, -0.15) is 15.2 Å². The van der Waals surface area contributed by atoms with E-state index in [2.05, 4.69) is 15.3 Å². The first-order valence-electron chi connectivity index (χ1n) is 13.0. The fraction of sp³-hybridized carbons (Fsp3) is 0.286. The first-order valence-corrected chi connectivity index (χ1v) is 13.4. The molecule has 2 aromatic heterocycles. The van der Waals surface area contributed by atoms with Crippen LogP contribution in [0.4, 0.5) is 22.0 Å². The van der Waals surface area contributed by atoms with Crippen molar-refractivity contribution in [2.75, 3.05) is 16.8 Å². The van der Waals surface area contributed by atoms with E-state index < -0.39 is 29.5 Å². The highest BCUT2D eigenvalue weighted by Crippen LogP contribution is 2.45. The summed E-state index contributed by atoms with van der Waals surface area (Å²) in [5.74, 6) is -0.816. The van der Waals surface area contributed by atoms with E-state index in [0.29, 0.717) is 24.2 Å². The summed E-state index contributed by atoms with van der Waals surface area (Å²) >= 11 is 6.35. The topological polar surface area (TPSA) is 175 Å². The molecule has 6 rings (SSSR count). The van der Waals surface area contributed by atoms with E-state index in [0.717, 1.165) is 25.0 Å². The fourth-order valence-corrected chi connectivity index (χ4v) is 5.38. The van der Waals surface area contributed by atoms with Crippen molar-refractivity contribution in [3.8, 4) is 6.07 Å². The first kappa shape index (κ1) is 26.5. The second-order valence-electron chi connectivity index (χ2n) is 10.2. The number of nitrogens with two attached hydrogens (primary N) is 2. The van der Waals surface area contributed by atoms with Crippen LogP contribution in [-0.2, 0) is 4.74 Å². The third-order valence-corrected chi connectivity index (χ3v) is 7.69. The van der Waals surface area contributed by atoms with E-state index >= 15 is 0 Å². The highest BCUT2D eigenvalue weighted by molar-refractivity contribution is 6.35. The molecule has 2 heterocycles. The van der Waals surface area contributed by atoms with Crippen molar-refractivity contribution in [1.82, 2.24) is 19.5 Å². The maximum Gasteiger partial charge on any atom is 0.338 e. The predicted molar refractivity (Wildman–Crippen MR) is 150 cm³/mol. The van der Waals surface area contributed by atoms with Crippen molar-refractivity contribution in [1.29, 1.82) is 5.26 Å². The van der Waals surface area contributed by atoms with E-state index in [1.54, 1.807) is 30.3 Å². The number of hydrogen-bond acceptors (Lipinski definition) is 10. The van der Waals surface area contributed by atoms with Crippen molar-refractivity contribution in [3.05, 3.63) is 80.6 Å². The van der Waals surface area contributed by atoms with Gasteiger partial charge in [0.2, 0.25) is 5.95 Å². The molecule has 0 amide bonds. The molecular weight excluding hydrogens is 551 g/mol. The molecule has 2 fully saturated rings. The molecule has 0 radical (unpaired) electrons. The standard InChI is InChI=1S/C28H24ClFN8O3/c29-20-9-15(30)8-18-22(20)35-25(21(13-6-7-13)34-24-19(12-31)23(32)36-28(33)37-24)38(26(18)39)16-10-17(11-16)41-27(40)14-4-2-1-3-5-14/h1-5,8-9,13,16-17,21H,6-7,10-11H2,(H5,32,33,34,36,37)/t16?,17?,21-/m0/s1. The van der Waals surface area contributed by atoms with E-state index in [4.69, 9.17) is 32.8 Å². The van der Waals surface area contributed by atoms with Crippen LogP contribution in [0.25, 0.3) is 10.9 Å². The molecule has 41 heavy (non-hydrogen) atoms. The van der Waals surface area contributed by atoms with Crippen LogP contribution >= 0.6 is 11.6 Å². The van der Waals surface area contributed by atoms with Crippen molar-refractivity contribution >= 4 is 46.1 Å². The summed E-state index contributed by atoms with van der Waals surface area (Å²) in [5, 5.41) is 13.0. The zero-order valence-corrected chi connectivity index (χ0v) is 22.3. The van der Waals surface area contributed by atoms with Gasteiger partial charge in [-0.3, -0.25) is 9.36 Å². The quantitative estimate of drug-likeness (QED) is 0.272. The Kier molecular flexibility index (Phi) is 6.67. The van der Waals surface area contributed by atoms with E-state index in [9.17, 15) is 19.2 Å². The van der Waals surface area contributed by atoms with Gasteiger partial charge in [0.1, 0.15) is 35.2 Å². The molecule has 208 valence electrons. The van der Waals surface area contributed by atoms with Crippen molar-refractivity contribution in [3.63, 3.8) is 0 Å². The molecule has 2 saturated carbocycles. The average Bonchev–Trinajstić information content (AvgIpc) is 3.76. The molecule has 0 saturated heterocycles. The molecule has 0 bridgehead atoms. The number of halogens is 2. The highest BCUT2D eigenvalue weighted by atomic mass is 35.5. The third kappa shape index (κ3) is 5.00. The van der Waals surface area contributed by atoms with Gasteiger partial charge < -0.3 is 21.5 Å². The first-order chi connectivity index (χ1) is 19.7. The Labute approximate surface area is 237 Å².